The van der Waals surface area contributed by atoms with Gasteiger partial charge in [-0.1, -0.05) is 48.2 Å². The van der Waals surface area contributed by atoms with Crippen molar-refractivity contribution in [2.45, 2.75) is 17.5 Å². The van der Waals surface area contributed by atoms with E-state index in [1.165, 1.54) is 5.56 Å². The first-order chi connectivity index (χ1) is 10.8. The molecule has 2 aromatic carbocycles. The number of aromatic nitrogens is 2. The van der Waals surface area contributed by atoms with Crippen LogP contribution in [0.1, 0.15) is 15.9 Å². The fourth-order valence-electron chi connectivity index (χ4n) is 2.76. The highest BCUT2D eigenvalue weighted by Gasteiger charge is 2.20. The first-order valence-corrected chi connectivity index (χ1v) is 8.25. The van der Waals surface area contributed by atoms with E-state index in [-0.39, 0.29) is 5.91 Å². The number of hydrogen-bond acceptors (Lipinski definition) is 3. The number of para-hydroxylation sites is 1. The molecule has 0 atom stereocenters. The van der Waals surface area contributed by atoms with Crippen LogP contribution in [0.3, 0.4) is 0 Å². The third kappa shape index (κ3) is 2.27. The van der Waals surface area contributed by atoms with Gasteiger partial charge in [-0.05, 0) is 17.7 Å². The lowest BCUT2D eigenvalue weighted by Gasteiger charge is -2.06. The fourth-order valence-corrected chi connectivity index (χ4v) is 3.75. The Hall–Kier alpha value is -2.27. The molecule has 2 heterocycles. The molecular weight excluding hydrogens is 294 g/mol. The first kappa shape index (κ1) is 13.4. The summed E-state index contributed by atoms with van der Waals surface area (Å²) < 4.78 is 2.16. The molecule has 1 amide bonds. The van der Waals surface area contributed by atoms with Gasteiger partial charge in [-0.3, -0.25) is 4.79 Å². The zero-order valence-corrected chi connectivity index (χ0v) is 12.8. The Balaban J connectivity index is 1.74. The minimum absolute atomic E-state index is 0.0103. The van der Waals surface area contributed by atoms with E-state index < -0.39 is 0 Å². The zero-order valence-electron chi connectivity index (χ0n) is 12.0. The lowest BCUT2D eigenvalue weighted by atomic mass is 10.2. The van der Waals surface area contributed by atoms with E-state index in [0.29, 0.717) is 12.1 Å². The molecule has 5 heteroatoms. The smallest absolute Gasteiger partial charge is 0.253 e. The summed E-state index contributed by atoms with van der Waals surface area (Å²) in [5.74, 6) is 0.866. The van der Waals surface area contributed by atoms with Crippen LogP contribution in [0.4, 0.5) is 0 Å². The maximum Gasteiger partial charge on any atom is 0.253 e. The van der Waals surface area contributed by atoms with Gasteiger partial charge in [-0.15, -0.1) is 0 Å². The molecule has 22 heavy (non-hydrogen) atoms. The minimum Gasteiger partial charge on any atom is -0.350 e. The molecule has 1 aromatic heterocycles. The lowest BCUT2D eigenvalue weighted by molar-refractivity contribution is 0.0956. The summed E-state index contributed by atoms with van der Waals surface area (Å²) in [5, 5.41) is 3.92. The average molecular weight is 309 g/mol. The van der Waals surface area contributed by atoms with Gasteiger partial charge >= 0.3 is 0 Å². The van der Waals surface area contributed by atoms with Gasteiger partial charge in [0, 0.05) is 18.8 Å². The maximum atomic E-state index is 12.1. The molecule has 0 saturated heterocycles. The summed E-state index contributed by atoms with van der Waals surface area (Å²) in [7, 11) is 0. The molecule has 3 aromatic rings. The van der Waals surface area contributed by atoms with Crippen LogP contribution in [0.25, 0.3) is 11.0 Å². The van der Waals surface area contributed by atoms with Gasteiger partial charge < -0.3 is 9.88 Å². The van der Waals surface area contributed by atoms with Crippen LogP contribution >= 0.6 is 11.8 Å². The Bertz CT molecular complexity index is 842. The summed E-state index contributed by atoms with van der Waals surface area (Å²) >= 11 is 1.72. The van der Waals surface area contributed by atoms with Crippen molar-refractivity contribution >= 4 is 28.7 Å². The molecule has 4 nitrogen and oxygen atoms in total. The normalized spacial score (nSPS) is 13.9. The van der Waals surface area contributed by atoms with Gasteiger partial charge in [-0.2, -0.15) is 0 Å². The lowest BCUT2D eigenvalue weighted by Crippen LogP contribution is -2.24. The second kappa shape index (κ2) is 5.50. The number of thioether (sulfide) groups is 1. The van der Waals surface area contributed by atoms with E-state index in [9.17, 15) is 4.79 Å². The average Bonchev–Trinajstić information content (AvgIpc) is 2.82. The van der Waals surface area contributed by atoms with Gasteiger partial charge in [0.25, 0.3) is 5.91 Å². The van der Waals surface area contributed by atoms with E-state index in [2.05, 4.69) is 22.0 Å². The number of hydrogen-bond donors (Lipinski definition) is 1. The van der Waals surface area contributed by atoms with Crippen LogP contribution in [0.5, 0.6) is 0 Å². The van der Waals surface area contributed by atoms with E-state index >= 15 is 0 Å². The molecular formula is C17H15N3OS. The highest BCUT2D eigenvalue weighted by Crippen LogP contribution is 2.29. The van der Waals surface area contributed by atoms with Crippen LogP contribution in [-0.2, 0) is 12.3 Å². The van der Waals surface area contributed by atoms with E-state index in [0.717, 1.165) is 28.5 Å². The van der Waals surface area contributed by atoms with Crippen molar-refractivity contribution in [3.8, 4) is 0 Å². The summed E-state index contributed by atoms with van der Waals surface area (Å²) in [6.07, 6.45) is 0. The quantitative estimate of drug-likeness (QED) is 0.756. The third-order valence-electron chi connectivity index (χ3n) is 3.81. The molecule has 1 N–H and O–H groups in total. The van der Waals surface area contributed by atoms with Crippen molar-refractivity contribution in [1.29, 1.82) is 0 Å². The topological polar surface area (TPSA) is 46.9 Å². The number of amides is 1. The molecule has 1 aliphatic heterocycles. The van der Waals surface area contributed by atoms with Gasteiger partial charge in [0.05, 0.1) is 16.6 Å². The van der Waals surface area contributed by atoms with Crippen molar-refractivity contribution in [1.82, 2.24) is 14.9 Å². The maximum absolute atomic E-state index is 12.1. The first-order valence-electron chi connectivity index (χ1n) is 7.27. The number of nitrogens with one attached hydrogen (secondary N) is 1. The molecule has 0 fully saturated rings. The largest absolute Gasteiger partial charge is 0.350 e. The Morgan fingerprint density at radius 2 is 2.00 bits per heavy atom. The Kier molecular flexibility index (Phi) is 3.35. The van der Waals surface area contributed by atoms with Gasteiger partial charge in [0.1, 0.15) is 0 Å². The zero-order chi connectivity index (χ0) is 14.9. The second-order valence-corrected chi connectivity index (χ2v) is 6.19. The molecule has 0 saturated carbocycles. The summed E-state index contributed by atoms with van der Waals surface area (Å²) in [6, 6.07) is 16.1. The molecule has 0 unspecified atom stereocenters. The molecule has 1 aliphatic rings. The van der Waals surface area contributed by atoms with Crippen LogP contribution in [0, 0.1) is 0 Å². The number of imidazole rings is 1. The summed E-state index contributed by atoms with van der Waals surface area (Å²) in [4.78, 5) is 16.8. The highest BCUT2D eigenvalue weighted by atomic mass is 32.2. The fraction of sp³-hybridized carbons (Fsp3) is 0.176. The molecule has 0 aliphatic carbocycles. The van der Waals surface area contributed by atoms with Crippen molar-refractivity contribution in [2.24, 2.45) is 0 Å². The number of nitrogens with zero attached hydrogens (tertiary/aromatic N) is 2. The minimum atomic E-state index is -0.0103. The van der Waals surface area contributed by atoms with Crippen molar-refractivity contribution < 1.29 is 4.79 Å². The molecule has 0 spiro atoms. The van der Waals surface area contributed by atoms with Gasteiger partial charge in [-0.25, -0.2) is 4.98 Å². The standard InChI is InChI=1S/C17H15N3OS/c21-16-13-7-4-8-14-15(13)20(10-9-18-16)17(19-14)22-11-12-5-2-1-3-6-12/h1-8H,9-11H2,(H,18,21). The summed E-state index contributed by atoms with van der Waals surface area (Å²) in [6.45, 7) is 1.40. The predicted molar refractivity (Wildman–Crippen MR) is 88.1 cm³/mol. The SMILES string of the molecule is O=C1NCCn2c(SCc3ccccc3)nc3cccc1c32. The monoisotopic (exact) mass is 309 g/mol. The second-order valence-electron chi connectivity index (χ2n) is 5.25. The Morgan fingerprint density at radius 3 is 2.86 bits per heavy atom. The number of carbonyl (C=O) groups is 1. The number of carbonyl (C=O) groups excluding carboxylic acids is 1. The molecule has 0 bridgehead atoms. The van der Waals surface area contributed by atoms with E-state index in [4.69, 9.17) is 4.98 Å². The van der Waals surface area contributed by atoms with E-state index in [1.807, 2.05) is 36.4 Å². The van der Waals surface area contributed by atoms with Gasteiger partial charge in [0.2, 0.25) is 0 Å². The van der Waals surface area contributed by atoms with Gasteiger partial charge in [0.15, 0.2) is 5.16 Å². The Morgan fingerprint density at radius 1 is 1.14 bits per heavy atom. The van der Waals surface area contributed by atoms with E-state index in [1.54, 1.807) is 11.8 Å². The van der Waals surface area contributed by atoms with Crippen molar-refractivity contribution in [3.05, 3.63) is 59.7 Å². The van der Waals surface area contributed by atoms with Crippen LogP contribution in [-0.4, -0.2) is 22.0 Å². The van der Waals surface area contributed by atoms with Crippen LogP contribution in [0.15, 0.2) is 53.7 Å². The highest BCUT2D eigenvalue weighted by molar-refractivity contribution is 7.98. The molecule has 4 rings (SSSR count). The van der Waals surface area contributed by atoms with Crippen molar-refractivity contribution in [3.63, 3.8) is 0 Å². The summed E-state index contributed by atoms with van der Waals surface area (Å²) in [5.41, 5.74) is 3.84. The Labute approximate surface area is 132 Å². The predicted octanol–water partition coefficient (Wildman–Crippen LogP) is 3.07. The van der Waals surface area contributed by atoms with Crippen LogP contribution < -0.4 is 5.32 Å². The molecule has 0 radical (unpaired) electrons. The molecule has 110 valence electrons. The number of rotatable bonds is 3. The number of benzene rings is 2. The van der Waals surface area contributed by atoms with Crippen LogP contribution in [0.2, 0.25) is 0 Å². The third-order valence-corrected chi connectivity index (χ3v) is 4.86. The van der Waals surface area contributed by atoms with Crippen molar-refractivity contribution in [2.75, 3.05) is 6.54 Å².